The maximum absolute atomic E-state index is 13.5. The number of carbonyl (C=O) groups excluding carboxylic acids is 1. The van der Waals surface area contributed by atoms with Crippen molar-refractivity contribution in [3.63, 3.8) is 0 Å². The van der Waals surface area contributed by atoms with Crippen LogP contribution in [0.15, 0.2) is 59.5 Å². The van der Waals surface area contributed by atoms with E-state index in [9.17, 15) is 41.0 Å². The molecule has 2 aromatic carbocycles. The first-order valence-electron chi connectivity index (χ1n) is 13.4. The van der Waals surface area contributed by atoms with Crippen LogP contribution in [-0.2, 0) is 40.6 Å². The third kappa shape index (κ3) is 9.83. The summed E-state index contributed by atoms with van der Waals surface area (Å²) in [4.78, 5) is 25.1. The molecule has 0 heterocycles. The highest BCUT2D eigenvalue weighted by Gasteiger charge is 2.38. The van der Waals surface area contributed by atoms with Gasteiger partial charge in [-0.25, -0.2) is 25.9 Å². The van der Waals surface area contributed by atoms with Crippen LogP contribution in [-0.4, -0.2) is 82.3 Å². The summed E-state index contributed by atoms with van der Waals surface area (Å²) in [5.74, 6) is -4.82. The first kappa shape index (κ1) is 33.6. The van der Waals surface area contributed by atoms with Crippen molar-refractivity contribution < 1.29 is 45.8 Å². The highest BCUT2D eigenvalue weighted by Crippen LogP contribution is 2.35. The molecule has 0 bridgehead atoms. The van der Waals surface area contributed by atoms with E-state index in [-0.39, 0.29) is 23.8 Å². The molecule has 1 saturated carbocycles. The van der Waals surface area contributed by atoms with Gasteiger partial charge in [-0.15, -0.1) is 0 Å². The number of ether oxygens (including phenoxy) is 1. The molecule has 1 aliphatic carbocycles. The molecule has 1 aliphatic rings. The van der Waals surface area contributed by atoms with E-state index in [1.807, 2.05) is 4.72 Å². The average molecular weight is 629 g/mol. The van der Waals surface area contributed by atoms with Crippen LogP contribution in [0.5, 0.6) is 0 Å². The number of benzene rings is 2. The number of sulfonamides is 1. The molecular weight excluding hydrogens is 591 g/mol. The second-order valence-electron chi connectivity index (χ2n) is 10.7. The maximum Gasteiger partial charge on any atom is 0.306 e. The summed E-state index contributed by atoms with van der Waals surface area (Å²) in [7, 11) is -6.79. The summed E-state index contributed by atoms with van der Waals surface area (Å²) in [5, 5.41) is 23.7. The van der Waals surface area contributed by atoms with Gasteiger partial charge >= 0.3 is 5.97 Å². The topological polar surface area (TPSA) is 176 Å². The molecule has 11 nitrogen and oxygen atoms in total. The zero-order valence-electron chi connectivity index (χ0n) is 23.3. The van der Waals surface area contributed by atoms with Gasteiger partial charge in [0, 0.05) is 7.11 Å². The molecule has 0 aromatic heterocycles. The fourth-order valence-corrected chi connectivity index (χ4v) is 7.54. The van der Waals surface area contributed by atoms with Crippen molar-refractivity contribution in [3.8, 4) is 0 Å². The molecule has 4 N–H and O–H groups in total. The van der Waals surface area contributed by atoms with Crippen LogP contribution >= 0.6 is 0 Å². The third-order valence-corrected chi connectivity index (χ3v) is 9.93. The summed E-state index contributed by atoms with van der Waals surface area (Å²) >= 11 is 0. The van der Waals surface area contributed by atoms with E-state index in [0.717, 1.165) is 36.1 Å². The van der Waals surface area contributed by atoms with Crippen molar-refractivity contribution in [2.24, 2.45) is 11.8 Å². The van der Waals surface area contributed by atoms with Gasteiger partial charge in [-0.3, -0.25) is 9.59 Å². The van der Waals surface area contributed by atoms with E-state index in [0.29, 0.717) is 19.3 Å². The van der Waals surface area contributed by atoms with Crippen molar-refractivity contribution in [2.75, 3.05) is 19.1 Å². The number of sulfone groups is 1. The van der Waals surface area contributed by atoms with Crippen molar-refractivity contribution in [1.29, 1.82) is 0 Å². The summed E-state index contributed by atoms with van der Waals surface area (Å²) in [6.45, 7) is 0. The van der Waals surface area contributed by atoms with Crippen LogP contribution in [0.4, 0.5) is 4.39 Å². The summed E-state index contributed by atoms with van der Waals surface area (Å²) in [6, 6.07) is 9.92. The highest BCUT2D eigenvalue weighted by molar-refractivity contribution is 7.91. The summed E-state index contributed by atoms with van der Waals surface area (Å²) < 4.78 is 71.1. The fourth-order valence-electron chi connectivity index (χ4n) is 5.31. The molecule has 6 unspecified atom stereocenters. The Morgan fingerprint density at radius 1 is 1.05 bits per heavy atom. The van der Waals surface area contributed by atoms with Gasteiger partial charge in [-0.2, -0.15) is 0 Å². The number of nitrogens with one attached hydrogen (secondary N) is 2. The van der Waals surface area contributed by atoms with E-state index in [4.69, 9.17) is 4.74 Å². The second kappa shape index (κ2) is 14.5. The highest BCUT2D eigenvalue weighted by atomic mass is 32.2. The van der Waals surface area contributed by atoms with E-state index in [1.165, 1.54) is 7.11 Å². The van der Waals surface area contributed by atoms with E-state index in [2.05, 4.69) is 5.32 Å². The Kier molecular flexibility index (Phi) is 11.6. The maximum atomic E-state index is 13.5. The number of hydrogen-bond acceptors (Lipinski definition) is 8. The number of aliphatic hydroxyl groups excluding tert-OH is 1. The van der Waals surface area contributed by atoms with Gasteiger partial charge in [0.1, 0.15) is 11.9 Å². The van der Waals surface area contributed by atoms with Crippen LogP contribution in [0.2, 0.25) is 0 Å². The van der Waals surface area contributed by atoms with Crippen LogP contribution < -0.4 is 10.0 Å². The molecule has 14 heteroatoms. The lowest BCUT2D eigenvalue weighted by atomic mass is 9.74. The molecule has 0 spiro atoms. The minimum absolute atomic E-state index is 0.00660. The Morgan fingerprint density at radius 2 is 1.69 bits per heavy atom. The number of carbonyl (C=O) groups is 2. The number of methoxy groups -OCH3 is 1. The lowest BCUT2D eigenvalue weighted by Gasteiger charge is -2.36. The molecule has 3 rings (SSSR count). The van der Waals surface area contributed by atoms with Gasteiger partial charge in [0.15, 0.2) is 9.84 Å². The first-order valence-corrected chi connectivity index (χ1v) is 17.0. The number of amides is 1. The minimum Gasteiger partial charge on any atom is -0.481 e. The largest absolute Gasteiger partial charge is 0.481 e. The minimum atomic E-state index is -4.25. The van der Waals surface area contributed by atoms with Crippen molar-refractivity contribution in [2.45, 2.75) is 61.3 Å². The van der Waals surface area contributed by atoms with Gasteiger partial charge in [0.05, 0.1) is 41.1 Å². The predicted molar refractivity (Wildman–Crippen MR) is 152 cm³/mol. The number of aliphatic hydroxyl groups is 1. The van der Waals surface area contributed by atoms with Crippen molar-refractivity contribution in [1.82, 2.24) is 10.0 Å². The van der Waals surface area contributed by atoms with Crippen molar-refractivity contribution >= 4 is 31.7 Å². The van der Waals surface area contributed by atoms with Gasteiger partial charge < -0.3 is 20.3 Å². The molecule has 6 atom stereocenters. The zero-order valence-corrected chi connectivity index (χ0v) is 25.0. The van der Waals surface area contributed by atoms with E-state index < -0.39 is 73.3 Å². The number of carboxylic acid groups (broad SMARTS) is 1. The normalized spacial score (nSPS) is 21.7. The molecule has 0 radical (unpaired) electrons. The Labute approximate surface area is 245 Å². The molecule has 232 valence electrons. The quantitative estimate of drug-likeness (QED) is 0.226. The zero-order chi connectivity index (χ0) is 31.1. The monoisotopic (exact) mass is 628 g/mol. The molecule has 0 aliphatic heterocycles. The summed E-state index contributed by atoms with van der Waals surface area (Å²) in [5.41, 5.74) is 0.724. The van der Waals surface area contributed by atoms with Gasteiger partial charge in [-0.1, -0.05) is 30.3 Å². The van der Waals surface area contributed by atoms with Gasteiger partial charge in [0.2, 0.25) is 15.9 Å². The SMILES string of the molecule is COC1CCC(C(=O)O)C(CC(O)C(Cc2ccccc2)NC(=O)C(CS(=O)(=O)c2ccc(F)cc2)NS(C)(=O)=O)C1. The number of hydrogen-bond donors (Lipinski definition) is 4. The lowest BCUT2D eigenvalue weighted by molar-refractivity contribution is -0.147. The summed E-state index contributed by atoms with van der Waals surface area (Å²) in [6.07, 6.45) is 0.757. The number of carboxylic acids is 1. The fraction of sp³-hybridized carbons (Fsp3) is 0.500. The van der Waals surface area contributed by atoms with Crippen molar-refractivity contribution in [3.05, 3.63) is 66.0 Å². The third-order valence-electron chi connectivity index (χ3n) is 7.45. The Balaban J connectivity index is 1.88. The van der Waals surface area contributed by atoms with E-state index >= 15 is 0 Å². The van der Waals surface area contributed by atoms with Crippen LogP contribution in [0.25, 0.3) is 0 Å². The second-order valence-corrected chi connectivity index (χ2v) is 14.5. The average Bonchev–Trinajstić information content (AvgIpc) is 2.92. The Morgan fingerprint density at radius 3 is 2.26 bits per heavy atom. The molecule has 0 saturated heterocycles. The number of halogens is 1. The molecule has 1 amide bonds. The van der Waals surface area contributed by atoms with E-state index in [1.54, 1.807) is 30.3 Å². The number of rotatable bonds is 14. The molecule has 2 aromatic rings. The number of aliphatic carboxylic acids is 1. The van der Waals surface area contributed by atoms with Gasteiger partial charge in [-0.05, 0) is 67.9 Å². The predicted octanol–water partition coefficient (Wildman–Crippen LogP) is 1.51. The first-order chi connectivity index (χ1) is 19.7. The molecule has 1 fully saturated rings. The molecule has 42 heavy (non-hydrogen) atoms. The molecular formula is C28H37FN2O9S2. The standard InChI is InChI=1S/C28H37FN2O9S2/c1-40-21-10-13-23(28(34)35)19(15-21)16-26(32)24(14-18-6-4-3-5-7-18)30-27(33)25(31-41(2,36)37)17-42(38,39)22-11-8-20(29)9-12-22/h3-9,11-12,19,21,23-26,31-32H,10,13-17H2,1-2H3,(H,30,33)(H,34,35). The smallest absolute Gasteiger partial charge is 0.306 e. The van der Waals surface area contributed by atoms with Crippen LogP contribution in [0, 0.1) is 17.7 Å². The Bertz CT molecular complexity index is 1420. The van der Waals surface area contributed by atoms with Crippen LogP contribution in [0.3, 0.4) is 0 Å². The Hall–Kier alpha value is -2.91. The lowest BCUT2D eigenvalue weighted by Crippen LogP contribution is -2.55. The van der Waals surface area contributed by atoms with Crippen LogP contribution in [0.1, 0.15) is 31.2 Å². The van der Waals surface area contributed by atoms with Gasteiger partial charge in [0.25, 0.3) is 0 Å².